The van der Waals surface area contributed by atoms with Crippen LogP contribution in [0.4, 0.5) is 0 Å². The summed E-state index contributed by atoms with van der Waals surface area (Å²) in [7, 11) is 2.21. The number of nitrogens with zero attached hydrogens (tertiary/aromatic N) is 3. The van der Waals surface area contributed by atoms with Gasteiger partial charge >= 0.3 is 0 Å². The molecule has 2 aliphatic rings. The molecule has 2 amide bonds. The zero-order valence-electron chi connectivity index (χ0n) is 28.6. The highest BCUT2D eigenvalue weighted by Crippen LogP contribution is 2.23. The van der Waals surface area contributed by atoms with E-state index in [1.54, 1.807) is 11.8 Å². The summed E-state index contributed by atoms with van der Waals surface area (Å²) in [6.45, 7) is 6.83. The molecule has 49 heavy (non-hydrogen) atoms. The van der Waals surface area contributed by atoms with E-state index in [0.29, 0.717) is 13.0 Å². The van der Waals surface area contributed by atoms with Gasteiger partial charge in [0.25, 0.3) is 0 Å². The minimum Gasteiger partial charge on any atom is -0.342 e. The lowest BCUT2D eigenvalue weighted by atomic mass is 9.97. The summed E-state index contributed by atoms with van der Waals surface area (Å²) in [5.41, 5.74) is 5.68. The smallest absolute Gasteiger partial charge is 0.246 e. The van der Waals surface area contributed by atoms with Crippen molar-refractivity contribution in [2.24, 2.45) is 5.92 Å². The molecule has 2 fully saturated rings. The number of amides is 2. The normalized spacial score (nSPS) is 18.2. The summed E-state index contributed by atoms with van der Waals surface area (Å²) in [5.74, 6) is 0.719. The molecule has 3 heterocycles. The number of hydrogen-bond donors (Lipinski definition) is 2. The maximum Gasteiger partial charge on any atom is 0.246 e. The molecule has 2 saturated heterocycles. The first-order chi connectivity index (χ1) is 23.9. The number of carbonyl (C=O) groups excluding carboxylic acids is 2. The van der Waals surface area contributed by atoms with Crippen LogP contribution in [-0.2, 0) is 29.1 Å². The topological polar surface area (TPSA) is 77.6 Å². The molecule has 7 nitrogen and oxygen atoms in total. The fraction of sp³-hybridized carbons (Fsp3) is 0.310. The first-order valence-electron chi connectivity index (χ1n) is 17.4. The van der Waals surface area contributed by atoms with Gasteiger partial charge in [0, 0.05) is 38.4 Å². The van der Waals surface area contributed by atoms with Crippen LogP contribution < -0.4 is 10.6 Å². The number of nitrogens with one attached hydrogen (secondary N) is 2. The van der Waals surface area contributed by atoms with E-state index in [-0.39, 0.29) is 11.8 Å². The van der Waals surface area contributed by atoms with Crippen LogP contribution in [0.2, 0.25) is 0 Å². The van der Waals surface area contributed by atoms with E-state index in [4.69, 9.17) is 0 Å². The van der Waals surface area contributed by atoms with E-state index >= 15 is 0 Å². The van der Waals surface area contributed by atoms with Crippen molar-refractivity contribution in [1.29, 1.82) is 0 Å². The maximum absolute atomic E-state index is 13.4. The summed E-state index contributed by atoms with van der Waals surface area (Å²) in [5, 5.41) is 8.63. The van der Waals surface area contributed by atoms with Gasteiger partial charge in [0.05, 0.1) is 0 Å². The molecule has 2 aliphatic heterocycles. The van der Waals surface area contributed by atoms with Crippen LogP contribution in [0, 0.1) is 5.92 Å². The number of piperidine rings is 1. The molecular formula is C42H47N5O2. The molecule has 7 heteroatoms. The summed E-state index contributed by atoms with van der Waals surface area (Å²) < 4.78 is 0. The molecule has 7 rings (SSSR count). The van der Waals surface area contributed by atoms with E-state index in [9.17, 15) is 9.59 Å². The Balaban J connectivity index is 0.000000218. The molecule has 2 N–H and O–H groups in total. The van der Waals surface area contributed by atoms with Crippen LogP contribution in [0.25, 0.3) is 21.9 Å². The van der Waals surface area contributed by atoms with Crippen molar-refractivity contribution in [1.82, 2.24) is 25.4 Å². The molecular weight excluding hydrogens is 606 g/mol. The molecule has 252 valence electrons. The number of benzene rings is 4. The van der Waals surface area contributed by atoms with Crippen molar-refractivity contribution in [3.05, 3.63) is 138 Å². The van der Waals surface area contributed by atoms with Gasteiger partial charge in [-0.2, -0.15) is 0 Å². The third-order valence-electron chi connectivity index (χ3n) is 9.64. The van der Waals surface area contributed by atoms with E-state index < -0.39 is 12.1 Å². The second kappa shape index (κ2) is 16.5. The zero-order chi connectivity index (χ0) is 34.0. The quantitative estimate of drug-likeness (QED) is 0.191. The minimum absolute atomic E-state index is 0.0394. The van der Waals surface area contributed by atoms with Gasteiger partial charge in [-0.1, -0.05) is 97.1 Å². The average Bonchev–Trinajstić information content (AvgIpc) is 3.14. The Morgan fingerprint density at radius 1 is 0.755 bits per heavy atom. The zero-order valence-corrected chi connectivity index (χ0v) is 28.6. The van der Waals surface area contributed by atoms with Crippen LogP contribution in [0.15, 0.2) is 122 Å². The van der Waals surface area contributed by atoms with Gasteiger partial charge in [-0.05, 0) is 96.5 Å². The fourth-order valence-corrected chi connectivity index (χ4v) is 6.84. The molecule has 2 atom stereocenters. The Bertz CT molecular complexity index is 1810. The maximum atomic E-state index is 13.4. The summed E-state index contributed by atoms with van der Waals surface area (Å²) >= 11 is 0. The summed E-state index contributed by atoms with van der Waals surface area (Å²) in [6, 6.07) is 35.9. The second-order valence-electron chi connectivity index (χ2n) is 13.4. The lowest BCUT2D eigenvalue weighted by Gasteiger charge is -2.37. The minimum atomic E-state index is -0.557. The highest BCUT2D eigenvalue weighted by molar-refractivity contribution is 5.97. The van der Waals surface area contributed by atoms with Gasteiger partial charge in [-0.3, -0.25) is 14.6 Å². The average molecular weight is 654 g/mol. The number of aromatic nitrogens is 1. The molecule has 5 aromatic rings. The number of piperazine rings is 1. The van der Waals surface area contributed by atoms with Crippen LogP contribution in [0.1, 0.15) is 36.5 Å². The Morgan fingerprint density at radius 2 is 1.41 bits per heavy atom. The van der Waals surface area contributed by atoms with E-state index in [2.05, 4.69) is 88.2 Å². The van der Waals surface area contributed by atoms with Crippen molar-refractivity contribution < 1.29 is 9.59 Å². The van der Waals surface area contributed by atoms with Gasteiger partial charge in [0.1, 0.15) is 12.1 Å². The van der Waals surface area contributed by atoms with E-state index in [1.807, 2.05) is 60.9 Å². The van der Waals surface area contributed by atoms with Gasteiger partial charge < -0.3 is 20.4 Å². The van der Waals surface area contributed by atoms with Crippen molar-refractivity contribution in [2.75, 3.05) is 26.7 Å². The number of fused-ring (bicyclic) bond motifs is 1. The number of pyridine rings is 1. The predicted octanol–water partition coefficient (Wildman–Crippen LogP) is 6.48. The van der Waals surface area contributed by atoms with Crippen molar-refractivity contribution in [3.63, 3.8) is 0 Å². The van der Waals surface area contributed by atoms with Crippen LogP contribution in [0.3, 0.4) is 0 Å². The second-order valence-corrected chi connectivity index (χ2v) is 13.4. The molecule has 1 aromatic heterocycles. The van der Waals surface area contributed by atoms with E-state index in [1.165, 1.54) is 38.0 Å². The third-order valence-corrected chi connectivity index (χ3v) is 9.64. The number of rotatable bonds is 9. The SMILES string of the molecule is CN(Cc1ccncc1)CC1CCNCC1.C[C@H]1C(=O)N[C@@H](Cc2ccc3ccccc3c2)C(=O)N1Cc1ccc(-c2ccccc2)cc1. The fourth-order valence-electron chi connectivity index (χ4n) is 6.84. The van der Waals surface area contributed by atoms with Crippen LogP contribution in [0.5, 0.6) is 0 Å². The number of carbonyl (C=O) groups is 2. The van der Waals surface area contributed by atoms with E-state index in [0.717, 1.165) is 45.5 Å². The summed E-state index contributed by atoms with van der Waals surface area (Å²) in [4.78, 5) is 34.2. The highest BCUT2D eigenvalue weighted by Gasteiger charge is 2.38. The first-order valence-corrected chi connectivity index (χ1v) is 17.4. The lowest BCUT2D eigenvalue weighted by molar-refractivity contribution is -0.149. The Morgan fingerprint density at radius 3 is 2.14 bits per heavy atom. The van der Waals surface area contributed by atoms with Gasteiger partial charge in [0.2, 0.25) is 11.8 Å². The molecule has 0 aliphatic carbocycles. The predicted molar refractivity (Wildman–Crippen MR) is 198 cm³/mol. The molecule has 0 saturated carbocycles. The molecule has 0 unspecified atom stereocenters. The van der Waals surface area contributed by atoms with Crippen molar-refractivity contribution in [2.45, 2.75) is 51.4 Å². The number of hydrogen-bond acceptors (Lipinski definition) is 5. The third kappa shape index (κ3) is 9.19. The molecule has 0 radical (unpaired) electrons. The Kier molecular flexibility index (Phi) is 11.5. The Hall–Kier alpha value is -4.85. The van der Waals surface area contributed by atoms with Gasteiger partial charge in [-0.25, -0.2) is 0 Å². The summed E-state index contributed by atoms with van der Waals surface area (Å²) in [6.07, 6.45) is 6.86. The first kappa shape index (κ1) is 34.0. The van der Waals surface area contributed by atoms with Crippen molar-refractivity contribution >= 4 is 22.6 Å². The highest BCUT2D eigenvalue weighted by atomic mass is 16.2. The van der Waals surface area contributed by atoms with Gasteiger partial charge in [-0.15, -0.1) is 0 Å². The lowest BCUT2D eigenvalue weighted by Crippen LogP contribution is -2.62. The molecule has 4 aromatic carbocycles. The monoisotopic (exact) mass is 653 g/mol. The van der Waals surface area contributed by atoms with Gasteiger partial charge in [0.15, 0.2) is 0 Å². The standard InChI is InChI=1S/C29H26N2O2.C13H21N3/c1-20-28(32)30-27(18-22-13-16-24-9-5-6-10-26(24)17-22)29(33)31(20)19-21-11-14-25(15-12-21)23-7-3-2-4-8-23;1-16(10-12-2-6-14-7-3-12)11-13-4-8-15-9-5-13/h2-17,20,27H,18-19H2,1H3,(H,30,32);2-3,6-7,13,15H,4-5,8-11H2,1H3/t20-,27-;/m0./s1. The molecule has 0 bridgehead atoms. The molecule has 0 spiro atoms. The van der Waals surface area contributed by atoms with Crippen molar-refractivity contribution in [3.8, 4) is 11.1 Å². The largest absolute Gasteiger partial charge is 0.342 e. The Labute approximate surface area is 290 Å². The van der Waals surface area contributed by atoms with Crippen LogP contribution in [-0.4, -0.2) is 65.4 Å². The van der Waals surface area contributed by atoms with Crippen LogP contribution >= 0.6 is 0 Å².